The fourth-order valence-electron chi connectivity index (χ4n) is 8.04. The number of hydrogen-bond donors (Lipinski definition) is 0. The molecule has 360 valence electrons. The molecule has 8 aromatic rings. The van der Waals surface area contributed by atoms with Crippen molar-refractivity contribution in [2.75, 3.05) is 0 Å². The Balaban J connectivity index is 1.25. The molecule has 4 aromatic heterocycles. The third-order valence-electron chi connectivity index (χ3n) is 11.4. The second-order valence-electron chi connectivity index (χ2n) is 16.0. The standard InChI is InChI=1S/C54H30N6O10S4/c55-23-35(24-56)59-39-21-37-43(71-39)45-41(53(69-37,49(61)65-27-31-13-5-1-6-14-31)50(62)66-28-32-15-7-2-8-16-32)47-48(73-45)42-46(74-47)44-38(22-40(72-44)60-36(25-57)26-58)70-54(42,51(63)67-29-33-17-9-3-10-18-33)52(64)68-30-34-19-11-4-12-20-34/h1-22H,27-30H2. The van der Waals surface area contributed by atoms with E-state index in [-0.39, 0.29) is 78.2 Å². The van der Waals surface area contributed by atoms with Gasteiger partial charge in [0.05, 0.1) is 40.0 Å². The van der Waals surface area contributed by atoms with Crippen LogP contribution in [0.2, 0.25) is 0 Å². The van der Waals surface area contributed by atoms with E-state index in [4.69, 9.17) is 28.4 Å². The van der Waals surface area contributed by atoms with Gasteiger partial charge in [-0.25, -0.2) is 29.2 Å². The van der Waals surface area contributed by atoms with E-state index in [0.717, 1.165) is 45.3 Å². The van der Waals surface area contributed by atoms with Crippen molar-refractivity contribution >= 4 is 100 Å². The molecule has 0 N–H and O–H groups in total. The maximum absolute atomic E-state index is 15.3. The minimum atomic E-state index is -2.78. The highest BCUT2D eigenvalue weighted by molar-refractivity contribution is 7.35. The van der Waals surface area contributed by atoms with Gasteiger partial charge in [0.15, 0.2) is 0 Å². The number of carbonyl (C=O) groups excluding carboxylic acids is 4. The van der Waals surface area contributed by atoms with Crippen molar-refractivity contribution in [1.29, 1.82) is 21.0 Å². The van der Waals surface area contributed by atoms with Gasteiger partial charge in [-0.05, 0) is 22.3 Å². The predicted molar refractivity (Wildman–Crippen MR) is 273 cm³/mol. The van der Waals surface area contributed by atoms with Crippen molar-refractivity contribution in [3.63, 3.8) is 0 Å². The molecular weight excluding hydrogens is 1020 g/mol. The van der Waals surface area contributed by atoms with Crippen molar-refractivity contribution in [2.45, 2.75) is 37.6 Å². The number of aliphatic imine (C=N–C) groups is 2. The van der Waals surface area contributed by atoms with Gasteiger partial charge in [-0.2, -0.15) is 21.0 Å². The van der Waals surface area contributed by atoms with Crippen LogP contribution in [-0.2, 0) is 75.8 Å². The minimum absolute atomic E-state index is 0.0616. The van der Waals surface area contributed by atoms with Crippen molar-refractivity contribution in [3.05, 3.63) is 167 Å². The zero-order valence-corrected chi connectivity index (χ0v) is 41.2. The summed E-state index contributed by atoms with van der Waals surface area (Å²) in [4.78, 5) is 70.8. The van der Waals surface area contributed by atoms with E-state index in [0.29, 0.717) is 32.0 Å². The van der Waals surface area contributed by atoms with Crippen molar-refractivity contribution in [1.82, 2.24) is 0 Å². The van der Waals surface area contributed by atoms with Crippen LogP contribution in [0.5, 0.6) is 11.5 Å². The number of esters is 4. The summed E-state index contributed by atoms with van der Waals surface area (Å²) in [5, 5.41) is 38.9. The summed E-state index contributed by atoms with van der Waals surface area (Å²) in [6, 6.07) is 44.6. The number of thiophene rings is 4. The van der Waals surface area contributed by atoms with Crippen molar-refractivity contribution in [3.8, 4) is 55.3 Å². The topological polar surface area (TPSA) is 244 Å². The average molecular weight is 1050 g/mol. The smallest absolute Gasteiger partial charge is 0.367 e. The summed E-state index contributed by atoms with van der Waals surface area (Å²) in [5.41, 5.74) is -4.38. The van der Waals surface area contributed by atoms with Gasteiger partial charge in [-0.1, -0.05) is 121 Å². The molecule has 4 aromatic carbocycles. The molecule has 0 radical (unpaired) electrons. The highest BCUT2D eigenvalue weighted by Gasteiger charge is 2.64. The molecule has 0 fully saturated rings. The Bertz CT molecular complexity index is 3390. The van der Waals surface area contributed by atoms with Crippen LogP contribution in [0.25, 0.3) is 28.9 Å². The normalized spacial score (nSPS) is 12.9. The lowest BCUT2D eigenvalue weighted by molar-refractivity contribution is -0.184. The molecule has 0 saturated carbocycles. The average Bonchev–Trinajstić information content (AvgIpc) is 4.34. The van der Waals surface area contributed by atoms with Crippen LogP contribution in [-0.4, -0.2) is 35.3 Å². The van der Waals surface area contributed by atoms with Crippen LogP contribution >= 0.6 is 45.3 Å². The first-order valence-electron chi connectivity index (χ1n) is 22.0. The van der Waals surface area contributed by atoms with E-state index >= 15 is 19.2 Å². The number of nitriles is 4. The highest BCUT2D eigenvalue weighted by Crippen LogP contribution is 2.64. The molecule has 2 aliphatic rings. The molecule has 16 nitrogen and oxygen atoms in total. The molecule has 74 heavy (non-hydrogen) atoms. The van der Waals surface area contributed by atoms with Crippen LogP contribution in [0.1, 0.15) is 33.4 Å². The Morgan fingerprint density at radius 1 is 0.432 bits per heavy atom. The maximum atomic E-state index is 15.3. The summed E-state index contributed by atoms with van der Waals surface area (Å²) < 4.78 is 37.8. The molecule has 2 aliphatic heterocycles. The molecule has 0 unspecified atom stereocenters. The Hall–Kier alpha value is -9.28. The van der Waals surface area contributed by atoms with Gasteiger partial charge in [-0.3, -0.25) is 0 Å². The van der Waals surface area contributed by atoms with Gasteiger partial charge in [0.1, 0.15) is 72.2 Å². The molecule has 0 aliphatic carbocycles. The van der Waals surface area contributed by atoms with Crippen LogP contribution in [0.15, 0.2) is 143 Å². The summed E-state index contributed by atoms with van der Waals surface area (Å²) in [6.45, 7) is -1.25. The van der Waals surface area contributed by atoms with E-state index < -0.39 is 46.5 Å². The minimum Gasteiger partial charge on any atom is -0.458 e. The number of carbonyl (C=O) groups is 4. The summed E-state index contributed by atoms with van der Waals surface area (Å²) in [5.74, 6) is -4.88. The number of rotatable bonds is 14. The van der Waals surface area contributed by atoms with E-state index in [1.165, 1.54) is 12.1 Å². The third-order valence-corrected chi connectivity index (χ3v) is 16.3. The van der Waals surface area contributed by atoms with Gasteiger partial charge >= 0.3 is 35.1 Å². The van der Waals surface area contributed by atoms with E-state index in [9.17, 15) is 21.0 Å². The lowest BCUT2D eigenvalue weighted by Crippen LogP contribution is -2.52. The van der Waals surface area contributed by atoms with Gasteiger partial charge < -0.3 is 28.4 Å². The SMILES string of the molecule is N#CC(C#N)=Nc1cc2c(s1)-c1sc3c4c(sc3c1C(C(=O)OCc1ccccc1)(C(=O)OCc1ccccc1)O2)-c1sc(N=C(C#N)C#N)cc1OC4(C(=O)OCc1ccccc1)C(=O)OCc1ccccc1. The molecule has 0 amide bonds. The first kappa shape index (κ1) is 48.4. The Morgan fingerprint density at radius 3 is 0.986 bits per heavy atom. The molecule has 10 rings (SSSR count). The van der Waals surface area contributed by atoms with Crippen molar-refractivity contribution in [2.24, 2.45) is 9.98 Å². The number of ether oxygens (including phenoxy) is 6. The van der Waals surface area contributed by atoms with E-state index in [1.807, 2.05) is 0 Å². The quantitative estimate of drug-likeness (QED) is 0.0426. The van der Waals surface area contributed by atoms with Crippen LogP contribution in [0.4, 0.5) is 10.0 Å². The second-order valence-corrected chi connectivity index (χ2v) is 20.1. The molecule has 0 bridgehead atoms. The number of fused-ring (bicyclic) bond motifs is 9. The van der Waals surface area contributed by atoms with Crippen LogP contribution in [0, 0.1) is 45.3 Å². The summed E-state index contributed by atoms with van der Waals surface area (Å²) in [6.07, 6.45) is 0. The fraction of sp³-hybridized carbons (Fsp3) is 0.111. The molecular formula is C54H30N6O10S4. The Labute approximate surface area is 436 Å². The van der Waals surface area contributed by atoms with Gasteiger partial charge in [0.2, 0.25) is 11.4 Å². The summed E-state index contributed by atoms with van der Waals surface area (Å²) >= 11 is 3.92. The fourth-order valence-corrected chi connectivity index (χ4v) is 13.3. The first-order chi connectivity index (χ1) is 36.1. The largest absolute Gasteiger partial charge is 0.458 e. The van der Waals surface area contributed by atoms with Crippen molar-refractivity contribution < 1.29 is 47.6 Å². The second kappa shape index (κ2) is 20.4. The number of hydrogen-bond acceptors (Lipinski definition) is 20. The molecule has 0 saturated heterocycles. The third kappa shape index (κ3) is 8.81. The molecule has 6 heterocycles. The Kier molecular flexibility index (Phi) is 13.4. The molecule has 0 atom stereocenters. The van der Waals surface area contributed by atoms with Gasteiger partial charge in [0.25, 0.3) is 0 Å². The van der Waals surface area contributed by atoms with Gasteiger partial charge in [-0.15, -0.1) is 45.3 Å². The summed E-state index contributed by atoms with van der Waals surface area (Å²) in [7, 11) is 0. The van der Waals surface area contributed by atoms with Crippen LogP contribution in [0.3, 0.4) is 0 Å². The first-order valence-corrected chi connectivity index (χ1v) is 25.3. The number of nitrogens with zero attached hydrogens (tertiary/aromatic N) is 6. The zero-order chi connectivity index (χ0) is 51.4. The molecule has 0 spiro atoms. The van der Waals surface area contributed by atoms with E-state index in [2.05, 4.69) is 9.98 Å². The molecule has 20 heteroatoms. The monoisotopic (exact) mass is 1050 g/mol. The lowest BCUT2D eigenvalue weighted by Gasteiger charge is -2.33. The highest BCUT2D eigenvalue weighted by atomic mass is 32.1. The Morgan fingerprint density at radius 2 is 0.716 bits per heavy atom. The maximum Gasteiger partial charge on any atom is 0.367 e. The van der Waals surface area contributed by atoms with Crippen LogP contribution < -0.4 is 9.47 Å². The lowest BCUT2D eigenvalue weighted by atomic mass is 9.88. The number of benzene rings is 4. The zero-order valence-electron chi connectivity index (χ0n) is 37.9. The van der Waals surface area contributed by atoms with E-state index in [1.54, 1.807) is 146 Å². The predicted octanol–water partition coefficient (Wildman–Crippen LogP) is 10.8. The van der Waals surface area contributed by atoms with Gasteiger partial charge in [0, 0.05) is 12.1 Å².